The van der Waals surface area contributed by atoms with Gasteiger partial charge >= 0.3 is 6.18 Å². The Bertz CT molecular complexity index is 2900. The minimum atomic E-state index is -4.52. The molecule has 70 heavy (non-hydrogen) atoms. The fourth-order valence-corrected chi connectivity index (χ4v) is 9.70. The summed E-state index contributed by atoms with van der Waals surface area (Å²) in [5.41, 5.74) is 2.78. The summed E-state index contributed by atoms with van der Waals surface area (Å²) in [6.45, 7) is 6.35. The minimum absolute atomic E-state index is 0.00614. The third kappa shape index (κ3) is 8.93. The lowest BCUT2D eigenvalue weighted by atomic mass is 9.92. The Balaban J connectivity index is 0.650. The molecule has 3 atom stereocenters. The first-order valence-corrected chi connectivity index (χ1v) is 23.2. The molecule has 5 aliphatic rings. The molecule has 6 heterocycles. The maximum Gasteiger partial charge on any atom is 0.401 e. The number of piperidine rings is 1. The monoisotopic (exact) mass is 963 g/mol. The maximum absolute atomic E-state index is 15.4. The highest BCUT2D eigenvalue weighted by Gasteiger charge is 2.52. The molecule has 4 fully saturated rings. The van der Waals surface area contributed by atoms with Crippen LogP contribution in [0.25, 0.3) is 22.3 Å². The van der Waals surface area contributed by atoms with E-state index in [4.69, 9.17) is 0 Å². The van der Waals surface area contributed by atoms with Crippen LogP contribution in [-0.2, 0) is 37.7 Å². The highest BCUT2D eigenvalue weighted by molar-refractivity contribution is 6.23. The quantitative estimate of drug-likeness (QED) is 0.112. The standard InChI is InChI=1S/C49H49F4N11O6/c1-48(2,49(51,52)53)47-56-40(58-59-47)21-54-43(67)34-17-33(34)31-9-7-29(8-10-31)28-3-5-30(6-4-28)32-20-55-63(25-32)26-42(66)62-23-27(24-62)22-60-13-15-61(16-14-60)39-19-36-35(18-37(39)50)45(69)64(46(36)70)38-11-12-41(65)57-44(38)68/h3-10,18-20,25,27,33-34,38H,11-17,21-24,26H2,1-2H3,(H,54,67)(H,56,58,59)(H,57,65,68)/t33-,34+,38?/m1/s1. The first-order chi connectivity index (χ1) is 33.4. The van der Waals surface area contributed by atoms with E-state index >= 15 is 4.39 Å². The number of alkyl halides is 3. The van der Waals surface area contributed by atoms with Gasteiger partial charge < -0.3 is 15.1 Å². The van der Waals surface area contributed by atoms with Crippen LogP contribution in [0.2, 0.25) is 0 Å². The SMILES string of the molecule is CC(C)(c1n[nH]c(CNC(=O)[C@H]2C[C@@H]2c2ccc(-c3ccc(-c4cnn(CC(=O)N5CC(CN6CCN(c7cc8c(cc7F)C(=O)N(C7CCC(=O)NC7=O)C8=O)CC6)C5)c4)cc3)cc2)n1)C(F)(F)F. The highest BCUT2D eigenvalue weighted by atomic mass is 19.4. The van der Waals surface area contributed by atoms with Gasteiger partial charge in [-0.05, 0) is 67.0 Å². The maximum atomic E-state index is 15.4. The number of nitrogens with zero attached hydrogens (tertiary/aromatic N) is 8. The predicted molar refractivity (Wildman–Crippen MR) is 243 cm³/mol. The average Bonchev–Trinajstić information content (AvgIpc) is 3.60. The van der Waals surface area contributed by atoms with E-state index in [9.17, 15) is 41.9 Å². The molecule has 1 saturated carbocycles. The topological polar surface area (TPSA) is 199 Å². The van der Waals surface area contributed by atoms with Gasteiger partial charge in [0.15, 0.2) is 5.82 Å². The lowest BCUT2D eigenvalue weighted by Crippen LogP contribution is -2.56. The van der Waals surface area contributed by atoms with Crippen molar-refractivity contribution in [1.29, 1.82) is 0 Å². The van der Waals surface area contributed by atoms with Crippen molar-refractivity contribution in [3.8, 4) is 22.3 Å². The summed E-state index contributed by atoms with van der Waals surface area (Å²) in [4.78, 5) is 87.2. The first-order valence-electron chi connectivity index (χ1n) is 23.2. The molecule has 1 unspecified atom stereocenters. The fraction of sp³-hybridized carbons (Fsp3) is 0.408. The molecule has 5 aromatic rings. The van der Waals surface area contributed by atoms with Gasteiger partial charge in [-0.15, -0.1) is 0 Å². The zero-order chi connectivity index (χ0) is 49.2. The first kappa shape index (κ1) is 46.4. The number of fused-ring (bicyclic) bond motifs is 1. The number of piperazine rings is 1. The van der Waals surface area contributed by atoms with Gasteiger partial charge in [0.05, 0.1) is 29.6 Å². The van der Waals surface area contributed by atoms with Gasteiger partial charge in [0.2, 0.25) is 23.6 Å². The van der Waals surface area contributed by atoms with Gasteiger partial charge in [0.1, 0.15) is 29.6 Å². The number of aromatic amines is 1. The number of amides is 6. The van der Waals surface area contributed by atoms with Crippen molar-refractivity contribution in [3.63, 3.8) is 0 Å². The number of benzene rings is 3. The van der Waals surface area contributed by atoms with Crippen molar-refractivity contribution < 1.29 is 46.3 Å². The summed E-state index contributed by atoms with van der Waals surface area (Å²) >= 11 is 0. The van der Waals surface area contributed by atoms with Crippen molar-refractivity contribution in [2.24, 2.45) is 11.8 Å². The number of likely N-dealkylation sites (tertiary alicyclic amines) is 1. The number of aromatic nitrogens is 5. The van der Waals surface area contributed by atoms with Gasteiger partial charge in [-0.3, -0.25) is 53.7 Å². The lowest BCUT2D eigenvalue weighted by molar-refractivity contribution is -0.182. The van der Waals surface area contributed by atoms with Crippen LogP contribution >= 0.6 is 0 Å². The summed E-state index contributed by atoms with van der Waals surface area (Å²) in [5, 5.41) is 15.6. The van der Waals surface area contributed by atoms with E-state index in [-0.39, 0.29) is 84.0 Å². The number of rotatable bonds is 13. The second kappa shape index (κ2) is 17.9. The Labute approximate surface area is 398 Å². The second-order valence-corrected chi connectivity index (χ2v) is 19.3. The van der Waals surface area contributed by atoms with Crippen LogP contribution in [-0.4, -0.2) is 133 Å². The molecule has 0 bridgehead atoms. The van der Waals surface area contributed by atoms with Crippen LogP contribution in [0.5, 0.6) is 0 Å². The van der Waals surface area contributed by atoms with Crippen LogP contribution in [0, 0.1) is 17.7 Å². The molecular formula is C49H49F4N11O6. The minimum Gasteiger partial charge on any atom is -0.367 e. The number of nitrogens with one attached hydrogen (secondary N) is 3. The zero-order valence-corrected chi connectivity index (χ0v) is 38.3. The van der Waals surface area contributed by atoms with Crippen molar-refractivity contribution in [1.82, 2.24) is 50.3 Å². The summed E-state index contributed by atoms with van der Waals surface area (Å²) < 4.78 is 57.2. The third-order valence-corrected chi connectivity index (χ3v) is 14.2. The largest absolute Gasteiger partial charge is 0.401 e. The van der Waals surface area contributed by atoms with E-state index in [1.165, 1.54) is 6.07 Å². The van der Waals surface area contributed by atoms with Crippen LogP contribution in [0.4, 0.5) is 23.2 Å². The molecule has 21 heteroatoms. The van der Waals surface area contributed by atoms with E-state index in [2.05, 4.69) is 35.8 Å². The number of anilines is 1. The Morgan fingerprint density at radius 3 is 2.16 bits per heavy atom. The van der Waals surface area contributed by atoms with Crippen LogP contribution in [0.3, 0.4) is 0 Å². The van der Waals surface area contributed by atoms with Crippen molar-refractivity contribution in [2.45, 2.75) is 69.8 Å². The van der Waals surface area contributed by atoms with Crippen molar-refractivity contribution in [3.05, 3.63) is 107 Å². The van der Waals surface area contributed by atoms with Crippen molar-refractivity contribution in [2.75, 3.05) is 50.7 Å². The summed E-state index contributed by atoms with van der Waals surface area (Å²) in [7, 11) is 0. The van der Waals surface area contributed by atoms with Crippen molar-refractivity contribution >= 4 is 41.1 Å². The number of carbonyl (C=O) groups is 6. The summed E-state index contributed by atoms with van der Waals surface area (Å²) in [6, 6.07) is 17.4. The number of halogens is 4. The van der Waals surface area contributed by atoms with Gasteiger partial charge in [-0.2, -0.15) is 23.4 Å². The number of hydrogen-bond donors (Lipinski definition) is 3. The lowest BCUT2D eigenvalue weighted by Gasteiger charge is -2.44. The van der Waals surface area contributed by atoms with Crippen LogP contribution in [0.15, 0.2) is 73.1 Å². The molecule has 0 radical (unpaired) electrons. The molecule has 17 nitrogen and oxygen atoms in total. The number of imide groups is 2. The smallest absolute Gasteiger partial charge is 0.367 e. The van der Waals surface area contributed by atoms with Crippen LogP contribution in [0.1, 0.15) is 77.0 Å². The van der Waals surface area contributed by atoms with Gasteiger partial charge in [0, 0.05) is 75.8 Å². The molecule has 1 aliphatic carbocycles. The normalized spacial score (nSPS) is 20.9. The third-order valence-electron chi connectivity index (χ3n) is 14.2. The number of H-pyrrole nitrogens is 1. The Hall–Kier alpha value is -7.29. The molecule has 0 spiro atoms. The van der Waals surface area contributed by atoms with Gasteiger partial charge in [0.25, 0.3) is 11.8 Å². The molecule has 3 N–H and O–H groups in total. The Kier molecular flexibility index (Phi) is 11.9. The molecule has 10 rings (SSSR count). The van der Waals surface area contributed by atoms with Gasteiger partial charge in [-0.1, -0.05) is 48.5 Å². The molecule has 2 aromatic heterocycles. The number of carbonyl (C=O) groups excluding carboxylic acids is 6. The fourth-order valence-electron chi connectivity index (χ4n) is 9.70. The van der Waals surface area contributed by atoms with Crippen LogP contribution < -0.4 is 15.5 Å². The molecule has 364 valence electrons. The van der Waals surface area contributed by atoms with Gasteiger partial charge in [-0.25, -0.2) is 9.37 Å². The summed E-state index contributed by atoms with van der Waals surface area (Å²) in [6.07, 6.45) is -0.256. The average molecular weight is 964 g/mol. The van der Waals surface area contributed by atoms with E-state index in [0.29, 0.717) is 45.7 Å². The Morgan fingerprint density at radius 1 is 0.857 bits per heavy atom. The molecule has 4 aliphatic heterocycles. The molecular weight excluding hydrogens is 915 g/mol. The summed E-state index contributed by atoms with van der Waals surface area (Å²) in [5.74, 6) is -3.61. The molecule has 6 amide bonds. The second-order valence-electron chi connectivity index (χ2n) is 19.3. The predicted octanol–water partition coefficient (Wildman–Crippen LogP) is 4.42. The number of hydrogen-bond acceptors (Lipinski definition) is 11. The van der Waals surface area contributed by atoms with E-state index in [1.54, 1.807) is 10.9 Å². The van der Waals surface area contributed by atoms with E-state index in [0.717, 1.165) is 59.2 Å². The molecule has 3 aromatic carbocycles. The Morgan fingerprint density at radius 2 is 1.50 bits per heavy atom. The van der Waals surface area contributed by atoms with E-state index < -0.39 is 47.1 Å². The zero-order valence-electron chi connectivity index (χ0n) is 38.3. The van der Waals surface area contributed by atoms with E-state index in [1.807, 2.05) is 64.5 Å². The molecule has 3 saturated heterocycles. The highest BCUT2D eigenvalue weighted by Crippen LogP contribution is 2.48.